The molecule has 1 aromatic heterocycles. The molecule has 2 heterocycles. The number of fused-ring (bicyclic) bond motifs is 1. The number of aryl methyl sites for hydroxylation is 1. The van der Waals surface area contributed by atoms with Crippen LogP contribution in [0.5, 0.6) is 5.75 Å². The number of rotatable bonds is 7. The van der Waals surface area contributed by atoms with Gasteiger partial charge in [0.15, 0.2) is 0 Å². The van der Waals surface area contributed by atoms with E-state index in [0.29, 0.717) is 5.41 Å². The average molecular weight is 509 g/mol. The van der Waals surface area contributed by atoms with Gasteiger partial charge in [0.2, 0.25) is 10.0 Å². The molecule has 7 nitrogen and oxygen atoms in total. The minimum absolute atomic E-state index is 0.283. The largest absolute Gasteiger partial charge is 0.497 e. The van der Waals surface area contributed by atoms with Gasteiger partial charge >= 0.3 is 0 Å². The lowest BCUT2D eigenvalue weighted by molar-refractivity contribution is 0.226. The second-order valence-electron chi connectivity index (χ2n) is 10.4. The Bertz CT molecular complexity index is 1350. The summed E-state index contributed by atoms with van der Waals surface area (Å²) in [6.07, 6.45) is 11.7. The molecule has 5 rings (SSSR count). The summed E-state index contributed by atoms with van der Waals surface area (Å²) in [6.45, 7) is 2.39. The number of methoxy groups -OCH3 is 1. The summed E-state index contributed by atoms with van der Waals surface area (Å²) in [5, 5.41) is 6.94. The molecule has 1 aliphatic carbocycles. The zero-order chi connectivity index (χ0) is 25.3. The molecule has 0 amide bonds. The van der Waals surface area contributed by atoms with Crippen molar-refractivity contribution in [3.8, 4) is 5.75 Å². The van der Waals surface area contributed by atoms with E-state index in [-0.39, 0.29) is 6.54 Å². The van der Waals surface area contributed by atoms with E-state index >= 15 is 0 Å². The van der Waals surface area contributed by atoms with Crippen molar-refractivity contribution < 1.29 is 13.2 Å². The van der Waals surface area contributed by atoms with E-state index in [2.05, 4.69) is 22.1 Å². The van der Waals surface area contributed by atoms with Gasteiger partial charge in [-0.05, 0) is 67.0 Å². The van der Waals surface area contributed by atoms with Gasteiger partial charge in [-0.25, -0.2) is 8.42 Å². The lowest BCUT2D eigenvalue weighted by atomic mass is 9.77. The zero-order valence-electron chi connectivity index (χ0n) is 21.5. The van der Waals surface area contributed by atoms with Gasteiger partial charge in [0.25, 0.3) is 0 Å². The summed E-state index contributed by atoms with van der Waals surface area (Å²) >= 11 is 0. The van der Waals surface area contributed by atoms with E-state index in [1.807, 2.05) is 37.5 Å². The van der Waals surface area contributed by atoms with Crippen molar-refractivity contribution in [3.63, 3.8) is 0 Å². The van der Waals surface area contributed by atoms with Crippen molar-refractivity contribution >= 4 is 32.7 Å². The molecule has 1 spiro atoms. The number of aromatic nitrogens is 2. The zero-order valence-corrected chi connectivity index (χ0v) is 22.3. The Morgan fingerprint density at radius 2 is 1.78 bits per heavy atom. The van der Waals surface area contributed by atoms with Crippen LogP contribution < -0.4 is 9.64 Å². The first kappa shape index (κ1) is 24.8. The van der Waals surface area contributed by atoms with Crippen LogP contribution in [0, 0.1) is 5.41 Å². The summed E-state index contributed by atoms with van der Waals surface area (Å²) in [5.41, 5.74) is 4.24. The Kier molecular flexibility index (Phi) is 6.83. The lowest BCUT2D eigenvalue weighted by Gasteiger charge is -2.40. The van der Waals surface area contributed by atoms with Gasteiger partial charge in [0, 0.05) is 62.0 Å². The summed E-state index contributed by atoms with van der Waals surface area (Å²) < 4.78 is 34.5. The molecule has 0 N–H and O–H groups in total. The highest BCUT2D eigenvalue weighted by molar-refractivity contribution is 7.92. The predicted molar refractivity (Wildman–Crippen MR) is 145 cm³/mol. The molecule has 0 atom stereocenters. The number of hydrogen-bond donors (Lipinski definition) is 0. The van der Waals surface area contributed by atoms with Crippen LogP contribution in [-0.2, 0) is 23.6 Å². The SMILES string of the molecule is COc1ccc(CN(C)S(=O)(=O)/C=C/c2cc(N3CCC4(CCCC4)CC3)cc3cn(C)nc23)cc1. The molecule has 192 valence electrons. The lowest BCUT2D eigenvalue weighted by Crippen LogP contribution is -2.38. The summed E-state index contributed by atoms with van der Waals surface area (Å²) in [5.74, 6) is 0.746. The maximum Gasteiger partial charge on any atom is 0.236 e. The number of hydrogen-bond acceptors (Lipinski definition) is 5. The topological polar surface area (TPSA) is 67.7 Å². The Balaban J connectivity index is 1.37. The Morgan fingerprint density at radius 1 is 1.08 bits per heavy atom. The molecule has 2 aromatic carbocycles. The quantitative estimate of drug-likeness (QED) is 0.440. The van der Waals surface area contributed by atoms with Crippen molar-refractivity contribution in [2.45, 2.75) is 45.1 Å². The van der Waals surface area contributed by atoms with Gasteiger partial charge in [0.05, 0.1) is 12.6 Å². The van der Waals surface area contributed by atoms with Crippen LogP contribution in [0.25, 0.3) is 17.0 Å². The molecule has 8 heteroatoms. The van der Waals surface area contributed by atoms with E-state index in [1.54, 1.807) is 24.9 Å². The minimum atomic E-state index is -3.61. The Morgan fingerprint density at radius 3 is 2.44 bits per heavy atom. The van der Waals surface area contributed by atoms with Crippen molar-refractivity contribution in [1.29, 1.82) is 0 Å². The number of piperidine rings is 1. The molecule has 1 aliphatic heterocycles. The van der Waals surface area contributed by atoms with Crippen LogP contribution in [0.15, 0.2) is 48.0 Å². The monoisotopic (exact) mass is 508 g/mol. The van der Waals surface area contributed by atoms with Crippen LogP contribution in [0.2, 0.25) is 0 Å². The van der Waals surface area contributed by atoms with E-state index in [1.165, 1.54) is 48.2 Å². The second kappa shape index (κ2) is 9.90. The number of anilines is 1. The van der Waals surface area contributed by atoms with Gasteiger partial charge in [-0.2, -0.15) is 9.40 Å². The molecule has 36 heavy (non-hydrogen) atoms. The maximum atomic E-state index is 13.1. The van der Waals surface area contributed by atoms with Crippen LogP contribution in [-0.4, -0.2) is 49.8 Å². The third kappa shape index (κ3) is 5.15. The number of benzene rings is 2. The highest BCUT2D eigenvalue weighted by Crippen LogP contribution is 2.46. The predicted octanol–water partition coefficient (Wildman–Crippen LogP) is 5.18. The van der Waals surface area contributed by atoms with Crippen LogP contribution >= 0.6 is 0 Å². The van der Waals surface area contributed by atoms with Crippen LogP contribution in [0.3, 0.4) is 0 Å². The van der Waals surface area contributed by atoms with E-state index in [4.69, 9.17) is 4.74 Å². The maximum absolute atomic E-state index is 13.1. The van der Waals surface area contributed by atoms with Crippen molar-refractivity contribution in [2.24, 2.45) is 12.5 Å². The van der Waals surface area contributed by atoms with E-state index in [0.717, 1.165) is 46.6 Å². The van der Waals surface area contributed by atoms with Crippen molar-refractivity contribution in [1.82, 2.24) is 14.1 Å². The summed E-state index contributed by atoms with van der Waals surface area (Å²) in [4.78, 5) is 2.46. The highest BCUT2D eigenvalue weighted by Gasteiger charge is 2.37. The second-order valence-corrected chi connectivity index (χ2v) is 12.3. The first-order valence-corrected chi connectivity index (χ1v) is 14.3. The van der Waals surface area contributed by atoms with Gasteiger partial charge in [0.1, 0.15) is 5.75 Å². The summed E-state index contributed by atoms with van der Waals surface area (Å²) in [6, 6.07) is 11.7. The third-order valence-electron chi connectivity index (χ3n) is 8.01. The third-order valence-corrected chi connectivity index (χ3v) is 9.49. The molecule has 1 saturated heterocycles. The fraction of sp³-hybridized carbons (Fsp3) is 0.464. The number of nitrogens with zero attached hydrogens (tertiary/aromatic N) is 4. The van der Waals surface area contributed by atoms with Gasteiger partial charge < -0.3 is 9.64 Å². The standard InChI is InChI=1S/C28H36N4O3S/c1-30-21-24-19-25(32-15-13-28(14-16-32)11-4-5-12-28)18-23(27(24)29-30)10-17-36(33,34)31(2)20-22-6-8-26(35-3)9-7-22/h6-10,17-19,21H,4-5,11-16,20H2,1-3H3/b17-10+. The van der Waals surface area contributed by atoms with Crippen molar-refractivity contribution in [2.75, 3.05) is 32.1 Å². The first-order valence-electron chi connectivity index (χ1n) is 12.8. The molecule has 0 unspecified atom stereocenters. The molecule has 2 aliphatic rings. The Hall–Kier alpha value is -2.84. The molecule has 0 radical (unpaired) electrons. The van der Waals surface area contributed by atoms with E-state index in [9.17, 15) is 8.42 Å². The van der Waals surface area contributed by atoms with Gasteiger partial charge in [-0.15, -0.1) is 0 Å². The smallest absolute Gasteiger partial charge is 0.236 e. The minimum Gasteiger partial charge on any atom is -0.497 e. The fourth-order valence-corrected chi connectivity index (χ4v) is 6.64. The number of sulfonamides is 1. The molecule has 1 saturated carbocycles. The molecular formula is C28H36N4O3S. The molecule has 3 aromatic rings. The summed E-state index contributed by atoms with van der Waals surface area (Å²) in [7, 11) is 1.50. The molecule has 2 fully saturated rings. The molecular weight excluding hydrogens is 472 g/mol. The highest BCUT2D eigenvalue weighted by atomic mass is 32.2. The van der Waals surface area contributed by atoms with E-state index < -0.39 is 10.0 Å². The normalized spacial score (nSPS) is 18.2. The fourth-order valence-electron chi connectivity index (χ4n) is 5.78. The number of ether oxygens (including phenoxy) is 1. The average Bonchev–Trinajstić information content (AvgIpc) is 3.49. The van der Waals surface area contributed by atoms with Crippen molar-refractivity contribution in [3.05, 3.63) is 59.1 Å². The van der Waals surface area contributed by atoms with Crippen LogP contribution in [0.4, 0.5) is 5.69 Å². The van der Waals surface area contributed by atoms with Gasteiger partial charge in [-0.3, -0.25) is 4.68 Å². The Labute approximate surface area is 214 Å². The molecule has 0 bridgehead atoms. The first-order chi connectivity index (χ1) is 17.3. The van der Waals surface area contributed by atoms with Gasteiger partial charge in [-0.1, -0.05) is 25.0 Å². The van der Waals surface area contributed by atoms with Crippen LogP contribution in [0.1, 0.15) is 49.7 Å².